The Hall–Kier alpha value is -1.93. The third-order valence-electron chi connectivity index (χ3n) is 5.10. The topological polar surface area (TPSA) is 82.1 Å². The van der Waals surface area contributed by atoms with Crippen molar-refractivity contribution in [3.63, 3.8) is 0 Å². The molecule has 8 heteroatoms. The van der Waals surface area contributed by atoms with Crippen LogP contribution in [0.25, 0.3) is 0 Å². The molecular weight excluding hydrogens is 340 g/mol. The average Bonchev–Trinajstić information content (AvgIpc) is 3.17. The van der Waals surface area contributed by atoms with Crippen molar-refractivity contribution >= 4 is 21.8 Å². The summed E-state index contributed by atoms with van der Waals surface area (Å²) in [5.41, 5.74) is 0.607. The molecule has 2 atom stereocenters. The first kappa shape index (κ1) is 16.5. The molecule has 2 saturated heterocycles. The Balaban J connectivity index is 1.63. The number of sulfonamides is 1. The fraction of sp³-hybridized carbons (Fsp3) is 0.529. The van der Waals surface area contributed by atoms with Gasteiger partial charge in [-0.3, -0.25) is 4.79 Å². The van der Waals surface area contributed by atoms with E-state index in [1.165, 1.54) is 0 Å². The molecule has 1 aromatic rings. The van der Waals surface area contributed by atoms with Gasteiger partial charge in [0.1, 0.15) is 10.9 Å². The van der Waals surface area contributed by atoms with Gasteiger partial charge in [0.05, 0.1) is 0 Å². The van der Waals surface area contributed by atoms with Gasteiger partial charge in [-0.05, 0) is 31.9 Å². The third kappa shape index (κ3) is 2.83. The second-order valence-corrected chi connectivity index (χ2v) is 8.45. The number of hydrogen-bond donors (Lipinski definition) is 1. The fourth-order valence-corrected chi connectivity index (χ4v) is 5.13. The van der Waals surface area contributed by atoms with Crippen molar-refractivity contribution in [2.75, 3.05) is 26.2 Å². The SMILES string of the molecule is CC1CN(C(=O)C2CCCN2C2=NS(=O)(=O)c3ccccc32)CCN1. The highest BCUT2D eigenvalue weighted by Gasteiger charge is 2.40. The van der Waals surface area contributed by atoms with Crippen LogP contribution in [0.4, 0.5) is 0 Å². The molecular formula is C17H22N4O3S. The summed E-state index contributed by atoms with van der Waals surface area (Å²) in [7, 11) is -3.66. The summed E-state index contributed by atoms with van der Waals surface area (Å²) in [4.78, 5) is 17.0. The zero-order valence-corrected chi connectivity index (χ0v) is 15.0. The summed E-state index contributed by atoms with van der Waals surface area (Å²) in [6.07, 6.45) is 1.59. The summed E-state index contributed by atoms with van der Waals surface area (Å²) >= 11 is 0. The fourth-order valence-electron chi connectivity index (χ4n) is 3.92. The zero-order chi connectivity index (χ0) is 17.6. The largest absolute Gasteiger partial charge is 0.343 e. The van der Waals surface area contributed by atoms with Crippen LogP contribution in [-0.4, -0.2) is 68.2 Å². The maximum Gasteiger partial charge on any atom is 0.285 e. The summed E-state index contributed by atoms with van der Waals surface area (Å²) in [5, 5.41) is 3.34. The molecule has 1 N–H and O–H groups in total. The molecule has 1 amide bonds. The zero-order valence-electron chi connectivity index (χ0n) is 14.2. The van der Waals surface area contributed by atoms with Gasteiger partial charge >= 0.3 is 0 Å². The lowest BCUT2D eigenvalue weighted by Gasteiger charge is -2.36. The van der Waals surface area contributed by atoms with E-state index in [1.807, 2.05) is 9.80 Å². The number of likely N-dealkylation sites (tertiary alicyclic amines) is 1. The lowest BCUT2D eigenvalue weighted by atomic mass is 10.1. The molecule has 0 saturated carbocycles. The molecule has 3 heterocycles. The Bertz CT molecular complexity index is 836. The van der Waals surface area contributed by atoms with Crippen LogP contribution >= 0.6 is 0 Å². The van der Waals surface area contributed by atoms with E-state index >= 15 is 0 Å². The molecule has 2 fully saturated rings. The molecule has 7 nitrogen and oxygen atoms in total. The van der Waals surface area contributed by atoms with Crippen LogP contribution in [0.2, 0.25) is 0 Å². The highest BCUT2D eigenvalue weighted by atomic mass is 32.2. The summed E-state index contributed by atoms with van der Waals surface area (Å²) in [6.45, 7) is 4.88. The maximum absolute atomic E-state index is 13.0. The molecule has 0 aromatic heterocycles. The number of rotatable bonds is 1. The van der Waals surface area contributed by atoms with Crippen molar-refractivity contribution in [1.29, 1.82) is 0 Å². The van der Waals surface area contributed by atoms with E-state index in [1.54, 1.807) is 24.3 Å². The van der Waals surface area contributed by atoms with Crippen molar-refractivity contribution < 1.29 is 13.2 Å². The van der Waals surface area contributed by atoms with E-state index in [0.717, 1.165) is 19.4 Å². The van der Waals surface area contributed by atoms with E-state index < -0.39 is 10.0 Å². The number of fused-ring (bicyclic) bond motifs is 1. The first-order valence-electron chi connectivity index (χ1n) is 8.70. The Kier molecular flexibility index (Phi) is 4.04. The van der Waals surface area contributed by atoms with E-state index in [2.05, 4.69) is 16.6 Å². The van der Waals surface area contributed by atoms with Crippen molar-refractivity contribution in [2.24, 2.45) is 4.40 Å². The molecule has 0 bridgehead atoms. The van der Waals surface area contributed by atoms with E-state index in [-0.39, 0.29) is 22.9 Å². The minimum atomic E-state index is -3.66. The molecule has 25 heavy (non-hydrogen) atoms. The number of nitrogens with one attached hydrogen (secondary N) is 1. The molecule has 1 aromatic carbocycles. The number of nitrogens with zero attached hydrogens (tertiary/aromatic N) is 3. The number of carbonyl (C=O) groups is 1. The maximum atomic E-state index is 13.0. The van der Waals surface area contributed by atoms with Gasteiger partial charge in [0.15, 0.2) is 5.84 Å². The second-order valence-electron chi connectivity index (χ2n) is 6.88. The highest BCUT2D eigenvalue weighted by molar-refractivity contribution is 7.90. The Morgan fingerprint density at radius 2 is 2.08 bits per heavy atom. The van der Waals surface area contributed by atoms with Gasteiger partial charge in [-0.2, -0.15) is 8.42 Å². The standard InChI is InChI=1S/C17H22N4O3S/c1-12-11-20(10-8-18-12)17(22)14-6-4-9-21(14)16-13-5-2-3-7-15(13)25(23,24)19-16/h2-3,5,7,12,14,18H,4,6,8-11H2,1H3. The van der Waals surface area contributed by atoms with E-state index in [0.29, 0.717) is 31.0 Å². The third-order valence-corrected chi connectivity index (χ3v) is 6.43. The van der Waals surface area contributed by atoms with E-state index in [4.69, 9.17) is 0 Å². The van der Waals surface area contributed by atoms with E-state index in [9.17, 15) is 13.2 Å². The first-order chi connectivity index (χ1) is 12.0. The van der Waals surface area contributed by atoms with Crippen molar-refractivity contribution in [3.8, 4) is 0 Å². The van der Waals surface area contributed by atoms with Gasteiger partial charge in [0, 0.05) is 37.8 Å². The Morgan fingerprint density at radius 3 is 2.88 bits per heavy atom. The predicted molar refractivity (Wildman–Crippen MR) is 93.9 cm³/mol. The molecule has 0 aliphatic carbocycles. The van der Waals surface area contributed by atoms with Crippen molar-refractivity contribution in [2.45, 2.75) is 36.7 Å². The van der Waals surface area contributed by atoms with Gasteiger partial charge in [-0.15, -0.1) is 4.40 Å². The molecule has 2 unspecified atom stereocenters. The number of hydrogen-bond acceptors (Lipinski definition) is 5. The summed E-state index contributed by atoms with van der Waals surface area (Å²) in [5.74, 6) is 0.505. The molecule has 0 spiro atoms. The lowest BCUT2D eigenvalue weighted by molar-refractivity contribution is -0.135. The van der Waals surface area contributed by atoms with Gasteiger partial charge in [0.25, 0.3) is 10.0 Å². The smallest absolute Gasteiger partial charge is 0.285 e. The summed E-state index contributed by atoms with van der Waals surface area (Å²) in [6, 6.07) is 6.80. The van der Waals surface area contributed by atoms with Crippen LogP contribution in [0, 0.1) is 0 Å². The molecule has 0 radical (unpaired) electrons. The number of carbonyl (C=O) groups excluding carboxylic acids is 1. The molecule has 3 aliphatic heterocycles. The number of benzene rings is 1. The van der Waals surface area contributed by atoms with Gasteiger partial charge in [-0.25, -0.2) is 0 Å². The first-order valence-corrected chi connectivity index (χ1v) is 10.1. The van der Waals surface area contributed by atoms with Crippen LogP contribution in [-0.2, 0) is 14.8 Å². The van der Waals surface area contributed by atoms with Crippen molar-refractivity contribution in [3.05, 3.63) is 29.8 Å². The Morgan fingerprint density at radius 1 is 1.28 bits per heavy atom. The van der Waals surface area contributed by atoms with Crippen LogP contribution in [0.1, 0.15) is 25.3 Å². The minimum absolute atomic E-state index is 0.0790. The molecule has 4 rings (SSSR count). The Labute approximate surface area is 147 Å². The number of amidine groups is 1. The van der Waals surface area contributed by atoms with Crippen LogP contribution < -0.4 is 5.32 Å². The van der Waals surface area contributed by atoms with Crippen LogP contribution in [0.15, 0.2) is 33.6 Å². The monoisotopic (exact) mass is 362 g/mol. The number of amides is 1. The normalized spacial score (nSPS) is 28.0. The van der Waals surface area contributed by atoms with Gasteiger partial charge < -0.3 is 15.1 Å². The second kappa shape index (κ2) is 6.10. The van der Waals surface area contributed by atoms with Crippen LogP contribution in [0.3, 0.4) is 0 Å². The summed E-state index contributed by atoms with van der Waals surface area (Å²) < 4.78 is 28.6. The quantitative estimate of drug-likeness (QED) is 0.783. The predicted octanol–water partition coefficient (Wildman–Crippen LogP) is 0.420. The molecule has 3 aliphatic rings. The van der Waals surface area contributed by atoms with Gasteiger partial charge in [-0.1, -0.05) is 12.1 Å². The average molecular weight is 362 g/mol. The molecule has 134 valence electrons. The minimum Gasteiger partial charge on any atom is -0.343 e. The van der Waals surface area contributed by atoms with Crippen molar-refractivity contribution in [1.82, 2.24) is 15.1 Å². The lowest BCUT2D eigenvalue weighted by Crippen LogP contribution is -2.56. The van der Waals surface area contributed by atoms with Gasteiger partial charge in [0.2, 0.25) is 5.91 Å². The highest BCUT2D eigenvalue weighted by Crippen LogP contribution is 2.31. The number of piperazine rings is 1. The van der Waals surface area contributed by atoms with Crippen LogP contribution in [0.5, 0.6) is 0 Å².